The molecule has 0 N–H and O–H groups in total. The van der Waals surface area contributed by atoms with Gasteiger partial charge in [0, 0.05) is 5.56 Å². The first-order valence-electron chi connectivity index (χ1n) is 9.01. The summed E-state index contributed by atoms with van der Waals surface area (Å²) in [7, 11) is 0. The molecule has 0 spiro atoms. The zero-order valence-corrected chi connectivity index (χ0v) is 14.8. The van der Waals surface area contributed by atoms with E-state index in [1.165, 1.54) is 0 Å². The average molecular weight is 344 g/mol. The predicted octanol–water partition coefficient (Wildman–Crippen LogP) is 6.19. The van der Waals surface area contributed by atoms with Gasteiger partial charge in [0.2, 0.25) is 0 Å². The normalized spacial score (nSPS) is 13.6. The van der Waals surface area contributed by atoms with E-state index in [9.17, 15) is 13.2 Å². The molecule has 132 valence electrons. The molecular formula is C22H23F3. The van der Waals surface area contributed by atoms with Crippen LogP contribution >= 0.6 is 0 Å². The van der Waals surface area contributed by atoms with Crippen molar-refractivity contribution in [2.45, 2.75) is 52.4 Å². The van der Waals surface area contributed by atoms with Crippen molar-refractivity contribution in [2.24, 2.45) is 0 Å². The second-order valence-electron chi connectivity index (χ2n) is 6.68. The van der Waals surface area contributed by atoms with Crippen LogP contribution in [0.5, 0.6) is 0 Å². The summed E-state index contributed by atoms with van der Waals surface area (Å²) in [5.41, 5.74) is 4.09. The Morgan fingerprint density at radius 3 is 2.44 bits per heavy atom. The number of hydrogen-bond acceptors (Lipinski definition) is 0. The zero-order valence-electron chi connectivity index (χ0n) is 14.8. The van der Waals surface area contributed by atoms with Crippen LogP contribution in [0.15, 0.2) is 30.3 Å². The minimum absolute atomic E-state index is 0.218. The number of aryl methyl sites for hydroxylation is 2. The number of benzene rings is 2. The number of unbranched alkanes of at least 4 members (excludes halogenated alkanes) is 1. The lowest BCUT2D eigenvalue weighted by Crippen LogP contribution is -2.08. The maximum absolute atomic E-state index is 14.6. The molecule has 2 aromatic carbocycles. The summed E-state index contributed by atoms with van der Waals surface area (Å²) < 4.78 is 43.0. The molecule has 0 bridgehead atoms. The lowest BCUT2D eigenvalue weighted by atomic mass is 9.86. The highest BCUT2D eigenvalue weighted by atomic mass is 19.2. The van der Waals surface area contributed by atoms with E-state index in [0.717, 1.165) is 29.5 Å². The third-order valence-corrected chi connectivity index (χ3v) is 5.01. The molecule has 0 fully saturated rings. The number of allylic oxidation sites excluding steroid dienone is 2. The van der Waals surface area contributed by atoms with Gasteiger partial charge in [-0.2, -0.15) is 0 Å². The topological polar surface area (TPSA) is 0 Å². The van der Waals surface area contributed by atoms with Crippen molar-refractivity contribution in [2.75, 3.05) is 0 Å². The van der Waals surface area contributed by atoms with E-state index >= 15 is 0 Å². The fourth-order valence-electron chi connectivity index (χ4n) is 3.45. The molecule has 0 unspecified atom stereocenters. The van der Waals surface area contributed by atoms with Crippen LogP contribution < -0.4 is 0 Å². The van der Waals surface area contributed by atoms with Gasteiger partial charge in [-0.25, -0.2) is 13.2 Å². The van der Waals surface area contributed by atoms with Gasteiger partial charge in [0.25, 0.3) is 0 Å². The molecule has 0 radical (unpaired) electrons. The summed E-state index contributed by atoms with van der Waals surface area (Å²) in [6.07, 6.45) is 5.96. The molecule has 2 aromatic rings. The molecule has 0 nitrogen and oxygen atoms in total. The van der Waals surface area contributed by atoms with Crippen molar-refractivity contribution in [3.8, 4) is 0 Å². The van der Waals surface area contributed by atoms with Gasteiger partial charge in [0.15, 0.2) is 11.6 Å². The highest BCUT2D eigenvalue weighted by Crippen LogP contribution is 2.32. The van der Waals surface area contributed by atoms with Crippen molar-refractivity contribution in [1.82, 2.24) is 0 Å². The van der Waals surface area contributed by atoms with E-state index in [1.807, 2.05) is 26.0 Å². The molecule has 3 heteroatoms. The van der Waals surface area contributed by atoms with E-state index in [1.54, 1.807) is 18.2 Å². The van der Waals surface area contributed by atoms with Crippen molar-refractivity contribution in [3.63, 3.8) is 0 Å². The highest BCUT2D eigenvalue weighted by Gasteiger charge is 2.20. The predicted molar refractivity (Wildman–Crippen MR) is 96.1 cm³/mol. The minimum atomic E-state index is -0.783. The number of halogens is 3. The van der Waals surface area contributed by atoms with Crippen molar-refractivity contribution >= 4 is 5.57 Å². The smallest absolute Gasteiger partial charge is 0.166 e. The van der Waals surface area contributed by atoms with Gasteiger partial charge in [-0.1, -0.05) is 44.5 Å². The van der Waals surface area contributed by atoms with Gasteiger partial charge < -0.3 is 0 Å². The van der Waals surface area contributed by atoms with Gasteiger partial charge >= 0.3 is 0 Å². The Hall–Kier alpha value is -2.03. The lowest BCUT2D eigenvalue weighted by Gasteiger charge is -2.20. The Labute approximate surface area is 147 Å². The molecule has 0 aromatic heterocycles. The summed E-state index contributed by atoms with van der Waals surface area (Å²) in [6, 6.07) is 6.78. The Morgan fingerprint density at radius 1 is 0.920 bits per heavy atom. The van der Waals surface area contributed by atoms with Gasteiger partial charge in [0.05, 0.1) is 0 Å². The fourth-order valence-corrected chi connectivity index (χ4v) is 3.45. The second-order valence-corrected chi connectivity index (χ2v) is 6.68. The van der Waals surface area contributed by atoms with Crippen LogP contribution in [-0.2, 0) is 25.7 Å². The Bertz CT molecular complexity index is 819. The summed E-state index contributed by atoms with van der Waals surface area (Å²) in [5.74, 6) is -1.75. The minimum Gasteiger partial charge on any atom is -0.207 e. The third-order valence-electron chi connectivity index (χ3n) is 5.01. The van der Waals surface area contributed by atoms with Crippen LogP contribution in [0.2, 0.25) is 0 Å². The molecule has 3 rings (SSSR count). The monoisotopic (exact) mass is 344 g/mol. The summed E-state index contributed by atoms with van der Waals surface area (Å²) in [4.78, 5) is 0. The van der Waals surface area contributed by atoms with Gasteiger partial charge in [0.1, 0.15) is 5.82 Å². The first-order chi connectivity index (χ1) is 12.0. The highest BCUT2D eigenvalue weighted by molar-refractivity contribution is 5.71. The molecular weight excluding hydrogens is 321 g/mol. The molecule has 25 heavy (non-hydrogen) atoms. The summed E-state index contributed by atoms with van der Waals surface area (Å²) in [5, 5.41) is 0. The molecule has 0 saturated heterocycles. The second kappa shape index (κ2) is 7.47. The van der Waals surface area contributed by atoms with Crippen molar-refractivity contribution < 1.29 is 13.2 Å². The van der Waals surface area contributed by atoms with Crippen LogP contribution in [-0.4, -0.2) is 0 Å². The third kappa shape index (κ3) is 3.51. The van der Waals surface area contributed by atoms with E-state index < -0.39 is 11.6 Å². The molecule has 0 atom stereocenters. The molecule has 0 aliphatic heterocycles. The van der Waals surface area contributed by atoms with Crippen molar-refractivity contribution in [1.29, 1.82) is 0 Å². The van der Waals surface area contributed by atoms with Crippen molar-refractivity contribution in [3.05, 3.63) is 75.6 Å². The zero-order chi connectivity index (χ0) is 18.0. The maximum Gasteiger partial charge on any atom is 0.166 e. The molecule has 0 saturated carbocycles. The summed E-state index contributed by atoms with van der Waals surface area (Å²) in [6.45, 7) is 3.95. The SMILES string of the molecule is CCCCc1ccc(C2=CCc3cc(CC)c(F)cc3C2)c(F)c1F. The first-order valence-corrected chi connectivity index (χ1v) is 9.01. The molecule has 1 aliphatic carbocycles. The van der Waals surface area contributed by atoms with E-state index in [2.05, 4.69) is 0 Å². The Balaban J connectivity index is 1.91. The quantitative estimate of drug-likeness (QED) is 0.606. The van der Waals surface area contributed by atoms with E-state index in [4.69, 9.17) is 0 Å². The average Bonchev–Trinajstić information content (AvgIpc) is 2.62. The van der Waals surface area contributed by atoms with E-state index in [-0.39, 0.29) is 5.82 Å². The number of fused-ring (bicyclic) bond motifs is 1. The van der Waals surface area contributed by atoms with Gasteiger partial charge in [-0.15, -0.1) is 0 Å². The Kier molecular flexibility index (Phi) is 5.31. The Morgan fingerprint density at radius 2 is 1.72 bits per heavy atom. The van der Waals surface area contributed by atoms with E-state index in [0.29, 0.717) is 42.4 Å². The molecule has 0 amide bonds. The molecule has 1 aliphatic rings. The molecule has 0 heterocycles. The standard InChI is InChI=1S/C22H23F3/c1-3-5-6-15-9-10-19(22(25)21(15)24)17-8-7-16-11-14(4-2)20(23)13-18(16)12-17/h8-11,13H,3-7,12H2,1-2H3. The fraction of sp³-hybridized carbons (Fsp3) is 0.364. The van der Waals surface area contributed by atoms with Crippen LogP contribution in [0.25, 0.3) is 5.57 Å². The van der Waals surface area contributed by atoms with Crippen LogP contribution in [0.4, 0.5) is 13.2 Å². The van der Waals surface area contributed by atoms with Gasteiger partial charge in [-0.05, 0) is 66.0 Å². The largest absolute Gasteiger partial charge is 0.207 e. The van der Waals surface area contributed by atoms with Crippen LogP contribution in [0.1, 0.15) is 54.5 Å². The number of hydrogen-bond donors (Lipinski definition) is 0. The van der Waals surface area contributed by atoms with Crippen LogP contribution in [0, 0.1) is 17.5 Å². The van der Waals surface area contributed by atoms with Gasteiger partial charge in [-0.3, -0.25) is 0 Å². The summed E-state index contributed by atoms with van der Waals surface area (Å²) >= 11 is 0. The first kappa shape index (κ1) is 17.8. The lowest BCUT2D eigenvalue weighted by molar-refractivity contribution is 0.494. The maximum atomic E-state index is 14.6. The van der Waals surface area contributed by atoms with Crippen LogP contribution in [0.3, 0.4) is 0 Å². The number of rotatable bonds is 5.